The molecule has 4 heterocycles. The van der Waals surface area contributed by atoms with Crippen molar-refractivity contribution in [2.24, 2.45) is 0 Å². The third-order valence-electron chi connectivity index (χ3n) is 5.35. The first-order chi connectivity index (χ1) is 11.7. The average molecular weight is 330 g/mol. The van der Waals surface area contributed by atoms with Crippen molar-refractivity contribution >= 4 is 11.3 Å². The lowest BCUT2D eigenvalue weighted by Gasteiger charge is -2.34. The zero-order valence-corrected chi connectivity index (χ0v) is 14.5. The zero-order chi connectivity index (χ0) is 16.5. The first-order valence-electron chi connectivity index (χ1n) is 8.98. The number of ether oxygens (including phenoxy) is 1. The van der Waals surface area contributed by atoms with E-state index in [9.17, 15) is 0 Å². The van der Waals surface area contributed by atoms with Gasteiger partial charge < -0.3 is 15.0 Å². The van der Waals surface area contributed by atoms with Crippen molar-refractivity contribution in [3.05, 3.63) is 17.6 Å². The first-order valence-corrected chi connectivity index (χ1v) is 8.98. The van der Waals surface area contributed by atoms with E-state index in [-0.39, 0.29) is 0 Å². The predicted molar refractivity (Wildman–Crippen MR) is 92.3 cm³/mol. The number of aromatic nitrogens is 4. The summed E-state index contributed by atoms with van der Waals surface area (Å²) < 4.78 is 7.53. The van der Waals surface area contributed by atoms with Crippen molar-refractivity contribution in [2.75, 3.05) is 31.6 Å². The Bertz CT molecular complexity index is 700. The smallest absolute Gasteiger partial charge is 0.200 e. The Hall–Kier alpha value is -1.73. The van der Waals surface area contributed by atoms with Gasteiger partial charge in [-0.25, -0.2) is 0 Å². The number of nitrogens with one attached hydrogen (secondary N) is 1. The van der Waals surface area contributed by atoms with Crippen molar-refractivity contribution in [2.45, 2.75) is 51.7 Å². The second-order valence-electron chi connectivity index (χ2n) is 7.04. The van der Waals surface area contributed by atoms with Crippen LogP contribution in [0.1, 0.15) is 36.9 Å². The molecule has 0 aliphatic carbocycles. The molecule has 2 fully saturated rings. The number of piperidine rings is 1. The molecule has 1 atom stereocenters. The molecule has 2 aliphatic heterocycles. The number of rotatable bonds is 4. The second kappa shape index (κ2) is 6.64. The fourth-order valence-corrected chi connectivity index (χ4v) is 3.77. The van der Waals surface area contributed by atoms with Gasteiger partial charge in [0.05, 0.1) is 17.5 Å². The van der Waals surface area contributed by atoms with Gasteiger partial charge in [0.25, 0.3) is 0 Å². The van der Waals surface area contributed by atoms with Crippen LogP contribution in [0.25, 0.3) is 5.65 Å². The van der Waals surface area contributed by atoms with Crippen LogP contribution in [0.15, 0.2) is 6.33 Å². The standard InChI is InChI=1S/C17H26N6O/c1-12-13(2)21-23-11-18-20-17(23)16(12)19-14-5-7-22(8-6-14)10-15-4-3-9-24-15/h11,14-15,19H,3-10H2,1-2H3. The summed E-state index contributed by atoms with van der Waals surface area (Å²) in [6, 6.07) is 0.478. The molecule has 130 valence electrons. The molecule has 0 amide bonds. The minimum Gasteiger partial charge on any atom is -0.379 e. The van der Waals surface area contributed by atoms with Gasteiger partial charge in [-0.05, 0) is 45.1 Å². The van der Waals surface area contributed by atoms with E-state index in [0.29, 0.717) is 12.1 Å². The summed E-state index contributed by atoms with van der Waals surface area (Å²) in [7, 11) is 0. The second-order valence-corrected chi connectivity index (χ2v) is 7.04. The zero-order valence-electron chi connectivity index (χ0n) is 14.5. The summed E-state index contributed by atoms with van der Waals surface area (Å²) in [5, 5.41) is 16.4. The van der Waals surface area contributed by atoms with Gasteiger partial charge in [0, 0.05) is 32.3 Å². The normalized spacial score (nSPS) is 23.2. The maximum Gasteiger partial charge on any atom is 0.200 e. The molecule has 2 aromatic rings. The highest BCUT2D eigenvalue weighted by Gasteiger charge is 2.25. The molecule has 0 aromatic carbocycles. The third kappa shape index (κ3) is 3.10. The highest BCUT2D eigenvalue weighted by atomic mass is 16.5. The summed E-state index contributed by atoms with van der Waals surface area (Å²) in [6.07, 6.45) is 6.85. The molecule has 4 rings (SSSR count). The fourth-order valence-electron chi connectivity index (χ4n) is 3.77. The predicted octanol–water partition coefficient (Wildman–Crippen LogP) is 1.80. The minimum absolute atomic E-state index is 0.454. The highest BCUT2D eigenvalue weighted by molar-refractivity contribution is 5.71. The van der Waals surface area contributed by atoms with Crippen LogP contribution in [0.2, 0.25) is 0 Å². The summed E-state index contributed by atoms with van der Waals surface area (Å²) >= 11 is 0. The Morgan fingerprint density at radius 1 is 1.25 bits per heavy atom. The summed E-state index contributed by atoms with van der Waals surface area (Å²) in [6.45, 7) is 8.43. The molecule has 1 unspecified atom stereocenters. The Balaban J connectivity index is 1.40. The van der Waals surface area contributed by atoms with Gasteiger partial charge in [0.2, 0.25) is 5.65 Å². The van der Waals surface area contributed by atoms with E-state index in [4.69, 9.17) is 4.74 Å². The van der Waals surface area contributed by atoms with Gasteiger partial charge >= 0.3 is 0 Å². The first kappa shape index (κ1) is 15.8. The van der Waals surface area contributed by atoms with Gasteiger partial charge in [-0.2, -0.15) is 9.61 Å². The van der Waals surface area contributed by atoms with Crippen molar-refractivity contribution in [1.29, 1.82) is 0 Å². The number of aryl methyl sites for hydroxylation is 1. The summed E-state index contributed by atoms with van der Waals surface area (Å²) in [4.78, 5) is 2.55. The van der Waals surface area contributed by atoms with Crippen LogP contribution in [0, 0.1) is 13.8 Å². The van der Waals surface area contributed by atoms with Crippen LogP contribution < -0.4 is 5.32 Å². The Morgan fingerprint density at radius 3 is 2.83 bits per heavy atom. The van der Waals surface area contributed by atoms with Crippen LogP contribution in [-0.4, -0.2) is 63.1 Å². The molecular weight excluding hydrogens is 304 g/mol. The summed E-state index contributed by atoms with van der Waals surface area (Å²) in [5.41, 5.74) is 4.08. The molecule has 2 aliphatic rings. The number of anilines is 1. The lowest BCUT2D eigenvalue weighted by molar-refractivity contribution is 0.0654. The molecule has 7 nitrogen and oxygen atoms in total. The van der Waals surface area contributed by atoms with E-state index in [1.54, 1.807) is 10.8 Å². The van der Waals surface area contributed by atoms with Crippen LogP contribution in [0.5, 0.6) is 0 Å². The average Bonchev–Trinajstić information content (AvgIpc) is 3.25. The molecule has 7 heteroatoms. The lowest BCUT2D eigenvalue weighted by Crippen LogP contribution is -2.42. The van der Waals surface area contributed by atoms with Gasteiger partial charge in [-0.15, -0.1) is 10.2 Å². The van der Waals surface area contributed by atoms with E-state index in [1.165, 1.54) is 12.8 Å². The highest BCUT2D eigenvalue weighted by Crippen LogP contribution is 2.25. The molecule has 0 saturated carbocycles. The van der Waals surface area contributed by atoms with Crippen LogP contribution >= 0.6 is 0 Å². The maximum absolute atomic E-state index is 5.76. The van der Waals surface area contributed by atoms with Crippen LogP contribution in [0.3, 0.4) is 0 Å². The summed E-state index contributed by atoms with van der Waals surface area (Å²) in [5.74, 6) is 0. The molecule has 0 bridgehead atoms. The number of fused-ring (bicyclic) bond motifs is 1. The van der Waals surface area contributed by atoms with E-state index >= 15 is 0 Å². The largest absolute Gasteiger partial charge is 0.379 e. The van der Waals surface area contributed by atoms with Crippen LogP contribution in [-0.2, 0) is 4.74 Å². The molecule has 0 spiro atoms. The number of nitrogens with zero attached hydrogens (tertiary/aromatic N) is 5. The van der Waals surface area contributed by atoms with Gasteiger partial charge in [-0.1, -0.05) is 0 Å². The Kier molecular flexibility index (Phi) is 4.37. The van der Waals surface area contributed by atoms with Crippen molar-refractivity contribution in [1.82, 2.24) is 24.7 Å². The lowest BCUT2D eigenvalue weighted by atomic mass is 10.0. The van der Waals surface area contributed by atoms with Crippen LogP contribution in [0.4, 0.5) is 5.69 Å². The monoisotopic (exact) mass is 330 g/mol. The molecule has 1 N–H and O–H groups in total. The fraction of sp³-hybridized carbons (Fsp3) is 0.706. The Morgan fingerprint density at radius 2 is 2.08 bits per heavy atom. The maximum atomic E-state index is 5.76. The molecular formula is C17H26N6O. The number of likely N-dealkylation sites (tertiary alicyclic amines) is 1. The van der Waals surface area contributed by atoms with Gasteiger partial charge in [0.1, 0.15) is 6.33 Å². The quantitative estimate of drug-likeness (QED) is 0.922. The SMILES string of the molecule is Cc1nn2cnnc2c(NC2CCN(CC3CCCO3)CC2)c1C. The van der Waals surface area contributed by atoms with E-state index < -0.39 is 0 Å². The van der Waals surface area contributed by atoms with Gasteiger partial charge in [-0.3, -0.25) is 0 Å². The van der Waals surface area contributed by atoms with E-state index in [1.807, 2.05) is 6.92 Å². The molecule has 24 heavy (non-hydrogen) atoms. The molecule has 2 aromatic heterocycles. The van der Waals surface area contributed by atoms with Crippen molar-refractivity contribution in [3.8, 4) is 0 Å². The minimum atomic E-state index is 0.454. The molecule has 2 saturated heterocycles. The number of hydrogen-bond acceptors (Lipinski definition) is 6. The van der Waals surface area contributed by atoms with E-state index in [0.717, 1.165) is 61.7 Å². The third-order valence-corrected chi connectivity index (χ3v) is 5.35. The van der Waals surface area contributed by atoms with Gasteiger partial charge in [0.15, 0.2) is 0 Å². The number of hydrogen-bond donors (Lipinski definition) is 1. The molecule has 0 radical (unpaired) electrons. The van der Waals surface area contributed by atoms with Crippen molar-refractivity contribution in [3.63, 3.8) is 0 Å². The van der Waals surface area contributed by atoms with E-state index in [2.05, 4.69) is 32.4 Å². The van der Waals surface area contributed by atoms with Crippen molar-refractivity contribution < 1.29 is 4.74 Å². The topological polar surface area (TPSA) is 67.6 Å². The Labute approximate surface area is 142 Å².